The van der Waals surface area contributed by atoms with Crippen LogP contribution in [0.2, 0.25) is 0 Å². The third kappa shape index (κ3) is 4.60. The van der Waals surface area contributed by atoms with Crippen molar-refractivity contribution in [1.82, 2.24) is 5.32 Å². The predicted molar refractivity (Wildman–Crippen MR) is 95.9 cm³/mol. The number of rotatable bonds is 9. The Bertz CT molecular complexity index is 796. The van der Waals surface area contributed by atoms with Gasteiger partial charge in [-0.25, -0.2) is 4.79 Å². The van der Waals surface area contributed by atoms with Crippen molar-refractivity contribution in [2.24, 2.45) is 0 Å². The Morgan fingerprint density at radius 1 is 1.28 bits per heavy atom. The average Bonchev–Trinajstić information content (AvgIpc) is 2.56. The molecule has 1 heterocycles. The number of aromatic hydroxyl groups is 1. The second-order valence-corrected chi connectivity index (χ2v) is 6.19. The standard InChI is InChI=1S/C19H25NO5/c1-3-5-7-15(19(23)24)20-11-14-16(21)9-8-13-12(6-4-2)10-17(22)25-18(13)14/h8-10,15,20-21H,3-7,11H2,1-2H3,(H,23,24). The number of nitrogens with one attached hydrogen (secondary N) is 1. The van der Waals surface area contributed by atoms with E-state index in [1.165, 1.54) is 6.07 Å². The molecule has 0 saturated carbocycles. The van der Waals surface area contributed by atoms with E-state index in [2.05, 4.69) is 5.32 Å². The first-order valence-electron chi connectivity index (χ1n) is 8.71. The SMILES string of the molecule is CCCCC(NCc1c(O)ccc2c(CCC)cc(=O)oc12)C(=O)O. The number of fused-ring (bicyclic) bond motifs is 1. The van der Waals surface area contributed by atoms with Gasteiger partial charge in [0.2, 0.25) is 0 Å². The van der Waals surface area contributed by atoms with Crippen molar-refractivity contribution in [3.63, 3.8) is 0 Å². The molecule has 2 aromatic rings. The van der Waals surface area contributed by atoms with Gasteiger partial charge in [-0.05, 0) is 30.5 Å². The number of hydrogen-bond acceptors (Lipinski definition) is 5. The van der Waals surface area contributed by atoms with Crippen LogP contribution in [0.5, 0.6) is 5.75 Å². The van der Waals surface area contributed by atoms with E-state index in [1.54, 1.807) is 12.1 Å². The lowest BCUT2D eigenvalue weighted by molar-refractivity contribution is -0.139. The maximum Gasteiger partial charge on any atom is 0.336 e. The van der Waals surface area contributed by atoms with E-state index in [9.17, 15) is 19.8 Å². The van der Waals surface area contributed by atoms with Gasteiger partial charge in [0, 0.05) is 18.0 Å². The first-order chi connectivity index (χ1) is 12.0. The zero-order valence-corrected chi connectivity index (χ0v) is 14.7. The van der Waals surface area contributed by atoms with Gasteiger partial charge < -0.3 is 19.9 Å². The number of unbranched alkanes of at least 4 members (excludes halogenated alkanes) is 1. The second kappa shape index (κ2) is 8.67. The van der Waals surface area contributed by atoms with E-state index in [1.807, 2.05) is 13.8 Å². The van der Waals surface area contributed by atoms with Gasteiger partial charge in [0.1, 0.15) is 17.4 Å². The summed E-state index contributed by atoms with van der Waals surface area (Å²) in [7, 11) is 0. The van der Waals surface area contributed by atoms with Crippen LogP contribution < -0.4 is 10.9 Å². The number of carboxylic acids is 1. The van der Waals surface area contributed by atoms with Gasteiger partial charge in [0.15, 0.2) is 0 Å². The molecule has 1 aromatic heterocycles. The van der Waals surface area contributed by atoms with Crippen molar-refractivity contribution in [2.45, 2.75) is 58.5 Å². The molecule has 0 amide bonds. The topological polar surface area (TPSA) is 99.8 Å². The summed E-state index contributed by atoms with van der Waals surface area (Å²) >= 11 is 0. The fourth-order valence-electron chi connectivity index (χ4n) is 2.93. The summed E-state index contributed by atoms with van der Waals surface area (Å²) in [6, 6.07) is 4.05. The van der Waals surface area contributed by atoms with Crippen molar-refractivity contribution < 1.29 is 19.4 Å². The molecule has 1 unspecified atom stereocenters. The number of carbonyl (C=O) groups is 1. The molecule has 0 spiro atoms. The highest BCUT2D eigenvalue weighted by molar-refractivity contribution is 5.85. The lowest BCUT2D eigenvalue weighted by Crippen LogP contribution is -2.36. The van der Waals surface area contributed by atoms with Crippen molar-refractivity contribution >= 4 is 16.9 Å². The quantitative estimate of drug-likeness (QED) is 0.603. The summed E-state index contributed by atoms with van der Waals surface area (Å²) < 4.78 is 5.33. The largest absolute Gasteiger partial charge is 0.507 e. The minimum absolute atomic E-state index is 0.0172. The highest BCUT2D eigenvalue weighted by atomic mass is 16.4. The number of hydrogen-bond donors (Lipinski definition) is 3. The first kappa shape index (κ1) is 19.0. The minimum Gasteiger partial charge on any atom is -0.507 e. The Kier molecular flexibility index (Phi) is 6.58. The summed E-state index contributed by atoms with van der Waals surface area (Å²) in [5, 5.41) is 23.2. The number of phenols is 1. The van der Waals surface area contributed by atoms with Gasteiger partial charge >= 0.3 is 11.6 Å². The average molecular weight is 347 g/mol. The summed E-state index contributed by atoms with van der Waals surface area (Å²) in [6.45, 7) is 4.14. The van der Waals surface area contributed by atoms with Gasteiger partial charge in [-0.15, -0.1) is 0 Å². The zero-order chi connectivity index (χ0) is 18.4. The maximum atomic E-state index is 11.9. The summed E-state index contributed by atoms with van der Waals surface area (Å²) in [5.41, 5.74) is 1.14. The van der Waals surface area contributed by atoms with E-state index in [0.29, 0.717) is 17.6 Å². The van der Waals surface area contributed by atoms with E-state index in [4.69, 9.17) is 4.42 Å². The van der Waals surface area contributed by atoms with Gasteiger partial charge in [0.25, 0.3) is 0 Å². The summed E-state index contributed by atoms with van der Waals surface area (Å²) in [5.74, 6) is -0.947. The van der Waals surface area contributed by atoms with E-state index < -0.39 is 17.6 Å². The minimum atomic E-state index is -0.929. The highest BCUT2D eigenvalue weighted by Crippen LogP contribution is 2.29. The van der Waals surface area contributed by atoms with Gasteiger partial charge in [-0.2, -0.15) is 0 Å². The Labute approximate surface area is 146 Å². The molecule has 3 N–H and O–H groups in total. The van der Waals surface area contributed by atoms with Crippen LogP contribution in [0.15, 0.2) is 27.4 Å². The van der Waals surface area contributed by atoms with Crippen LogP contribution >= 0.6 is 0 Å². The van der Waals surface area contributed by atoms with Crippen molar-refractivity contribution in [3.8, 4) is 5.75 Å². The van der Waals surface area contributed by atoms with Crippen LogP contribution in [-0.4, -0.2) is 22.2 Å². The van der Waals surface area contributed by atoms with E-state index in [0.717, 1.165) is 36.6 Å². The molecule has 0 aliphatic heterocycles. The summed E-state index contributed by atoms with van der Waals surface area (Å²) in [6.07, 6.45) is 3.81. The van der Waals surface area contributed by atoms with Crippen LogP contribution in [0.3, 0.4) is 0 Å². The molecule has 25 heavy (non-hydrogen) atoms. The van der Waals surface area contributed by atoms with Gasteiger partial charge in [-0.1, -0.05) is 33.1 Å². The molecule has 0 aliphatic carbocycles. The molecule has 0 bridgehead atoms. The lowest BCUT2D eigenvalue weighted by atomic mass is 10.0. The van der Waals surface area contributed by atoms with Gasteiger partial charge in [0.05, 0.1) is 5.56 Å². The second-order valence-electron chi connectivity index (χ2n) is 6.19. The van der Waals surface area contributed by atoms with E-state index >= 15 is 0 Å². The van der Waals surface area contributed by atoms with Crippen LogP contribution in [0.1, 0.15) is 50.7 Å². The van der Waals surface area contributed by atoms with Crippen LogP contribution in [-0.2, 0) is 17.8 Å². The van der Waals surface area contributed by atoms with Crippen molar-refractivity contribution in [2.75, 3.05) is 0 Å². The smallest absolute Gasteiger partial charge is 0.336 e. The molecule has 0 radical (unpaired) electrons. The number of aryl methyl sites for hydroxylation is 1. The fourth-order valence-corrected chi connectivity index (χ4v) is 2.93. The van der Waals surface area contributed by atoms with Crippen molar-refractivity contribution in [1.29, 1.82) is 0 Å². The third-order valence-corrected chi connectivity index (χ3v) is 4.27. The first-order valence-corrected chi connectivity index (χ1v) is 8.71. The maximum absolute atomic E-state index is 11.9. The Morgan fingerprint density at radius 3 is 2.68 bits per heavy atom. The van der Waals surface area contributed by atoms with Crippen molar-refractivity contribution in [3.05, 3.63) is 39.7 Å². The van der Waals surface area contributed by atoms with Crippen LogP contribution in [0.25, 0.3) is 11.0 Å². The molecule has 0 saturated heterocycles. The van der Waals surface area contributed by atoms with Gasteiger partial charge in [-0.3, -0.25) is 4.79 Å². The fraction of sp³-hybridized carbons (Fsp3) is 0.474. The Balaban J connectivity index is 2.38. The predicted octanol–water partition coefficient (Wildman–Crippen LogP) is 3.18. The molecule has 1 atom stereocenters. The summed E-state index contributed by atoms with van der Waals surface area (Å²) in [4.78, 5) is 23.2. The molecular weight excluding hydrogens is 322 g/mol. The molecular formula is C19H25NO5. The highest BCUT2D eigenvalue weighted by Gasteiger charge is 2.19. The third-order valence-electron chi connectivity index (χ3n) is 4.27. The zero-order valence-electron chi connectivity index (χ0n) is 14.7. The van der Waals surface area contributed by atoms with Crippen LogP contribution in [0, 0.1) is 0 Å². The Hall–Kier alpha value is -2.34. The molecule has 0 fully saturated rings. The number of benzene rings is 1. The number of phenolic OH excluding ortho intramolecular Hbond substituents is 1. The molecule has 2 rings (SSSR count). The molecule has 1 aromatic carbocycles. The van der Waals surface area contributed by atoms with Crippen LogP contribution in [0.4, 0.5) is 0 Å². The lowest BCUT2D eigenvalue weighted by Gasteiger charge is -2.16. The molecule has 6 nitrogen and oxygen atoms in total. The van der Waals surface area contributed by atoms with E-state index in [-0.39, 0.29) is 12.3 Å². The molecule has 136 valence electrons. The Morgan fingerprint density at radius 2 is 2.04 bits per heavy atom. The monoisotopic (exact) mass is 347 g/mol. The normalized spacial score (nSPS) is 12.4. The number of carboxylic acid groups (broad SMARTS) is 1. The molecule has 6 heteroatoms. The number of aliphatic carboxylic acids is 1. The molecule has 0 aliphatic rings.